The maximum absolute atomic E-state index is 11.3. The predicted octanol–water partition coefficient (Wildman–Crippen LogP) is 2.76. The lowest BCUT2D eigenvalue weighted by Crippen LogP contribution is -2.44. The van der Waals surface area contributed by atoms with Crippen molar-refractivity contribution in [1.29, 1.82) is 0 Å². The van der Waals surface area contributed by atoms with Gasteiger partial charge in [-0.1, -0.05) is 32.6 Å². The van der Waals surface area contributed by atoms with Crippen LogP contribution in [0.1, 0.15) is 51.9 Å². The van der Waals surface area contributed by atoms with Gasteiger partial charge in [-0.2, -0.15) is 4.89 Å². The fraction of sp³-hybridized carbons (Fsp3) is 1.00. The van der Waals surface area contributed by atoms with E-state index in [0.717, 1.165) is 32.1 Å². The second kappa shape index (κ2) is 5.20. The third-order valence-electron chi connectivity index (χ3n) is 3.32. The highest BCUT2D eigenvalue weighted by Gasteiger charge is 2.51. The van der Waals surface area contributed by atoms with E-state index in [2.05, 4.69) is 0 Å². The van der Waals surface area contributed by atoms with Crippen molar-refractivity contribution in [3.63, 3.8) is 0 Å². The van der Waals surface area contributed by atoms with Crippen LogP contribution in [0.4, 0.5) is 0 Å². The number of hydrogen-bond acceptors (Lipinski definition) is 2. The molecule has 4 heteroatoms. The average molecular weight is 218 g/mol. The van der Waals surface area contributed by atoms with Crippen LogP contribution in [-0.4, -0.2) is 10.2 Å². The van der Waals surface area contributed by atoms with E-state index in [9.17, 15) is 9.46 Å². The van der Waals surface area contributed by atoms with Gasteiger partial charge in [0, 0.05) is 12.3 Å². The molecular formula is C10H21NO2P+. The molecule has 2 unspecified atom stereocenters. The number of hydrogen-bond donors (Lipinski definition) is 2. The molecule has 1 fully saturated rings. The monoisotopic (exact) mass is 218 g/mol. The van der Waals surface area contributed by atoms with E-state index >= 15 is 0 Å². The van der Waals surface area contributed by atoms with E-state index in [4.69, 9.17) is 5.73 Å². The van der Waals surface area contributed by atoms with Gasteiger partial charge in [0.2, 0.25) is 5.28 Å². The van der Waals surface area contributed by atoms with Crippen LogP contribution in [0.2, 0.25) is 0 Å². The highest BCUT2D eigenvalue weighted by Crippen LogP contribution is 2.46. The Morgan fingerprint density at radius 3 is 2.43 bits per heavy atom. The van der Waals surface area contributed by atoms with Gasteiger partial charge in [-0.25, -0.2) is 0 Å². The topological polar surface area (TPSA) is 63.3 Å². The molecule has 14 heavy (non-hydrogen) atoms. The molecule has 3 nitrogen and oxygen atoms in total. The maximum Gasteiger partial charge on any atom is 0.527 e. The molecule has 0 saturated heterocycles. The standard InChI is InChI=1S/C10H20NO2P/c1-2-8-10(11,14(12)13)9-6-4-3-5-7-9/h9H,2-8,11H2,1H3/p+1. The van der Waals surface area contributed by atoms with Crippen molar-refractivity contribution in [3.05, 3.63) is 0 Å². The lowest BCUT2D eigenvalue weighted by molar-refractivity contribution is 0.247. The summed E-state index contributed by atoms with van der Waals surface area (Å²) in [5.74, 6) is 0.254. The Bertz CT molecular complexity index is 204. The number of rotatable bonds is 4. The van der Waals surface area contributed by atoms with Crippen LogP contribution in [-0.2, 0) is 4.57 Å². The van der Waals surface area contributed by atoms with Crippen LogP contribution in [0.5, 0.6) is 0 Å². The molecule has 0 bridgehead atoms. The molecule has 0 radical (unpaired) electrons. The van der Waals surface area contributed by atoms with Gasteiger partial charge in [0.15, 0.2) is 0 Å². The van der Waals surface area contributed by atoms with Crippen molar-refractivity contribution >= 4 is 8.03 Å². The van der Waals surface area contributed by atoms with Gasteiger partial charge in [0.25, 0.3) is 0 Å². The SMILES string of the molecule is CCCC(N)(C1CCCCC1)[P+](=O)O. The van der Waals surface area contributed by atoms with Crippen LogP contribution in [0, 0.1) is 5.92 Å². The van der Waals surface area contributed by atoms with Crippen LogP contribution in [0.25, 0.3) is 0 Å². The average Bonchev–Trinajstić information content (AvgIpc) is 2.19. The minimum absolute atomic E-state index is 0.254. The van der Waals surface area contributed by atoms with Crippen molar-refractivity contribution in [1.82, 2.24) is 0 Å². The van der Waals surface area contributed by atoms with Gasteiger partial charge < -0.3 is 0 Å². The molecule has 0 heterocycles. The molecule has 2 atom stereocenters. The van der Waals surface area contributed by atoms with Crippen LogP contribution < -0.4 is 5.73 Å². The highest BCUT2D eigenvalue weighted by molar-refractivity contribution is 7.40. The Balaban J connectivity index is 2.69. The molecule has 1 aliphatic carbocycles. The normalized spacial score (nSPS) is 24.4. The maximum atomic E-state index is 11.3. The van der Waals surface area contributed by atoms with E-state index in [0.29, 0.717) is 6.42 Å². The van der Waals surface area contributed by atoms with E-state index in [1.807, 2.05) is 6.92 Å². The molecule has 82 valence electrons. The molecule has 0 aliphatic heterocycles. The molecule has 3 N–H and O–H groups in total. The summed E-state index contributed by atoms with van der Waals surface area (Å²) in [7, 11) is -2.25. The molecular weight excluding hydrogens is 197 g/mol. The van der Waals surface area contributed by atoms with Gasteiger partial charge in [0.05, 0.1) is 0 Å². The van der Waals surface area contributed by atoms with E-state index < -0.39 is 13.3 Å². The van der Waals surface area contributed by atoms with Gasteiger partial charge in [-0.05, 0) is 17.4 Å². The molecule has 0 aromatic heterocycles. The molecule has 0 aromatic rings. The van der Waals surface area contributed by atoms with Crippen molar-refractivity contribution in [2.45, 2.75) is 57.1 Å². The zero-order valence-corrected chi connectivity index (χ0v) is 9.80. The van der Waals surface area contributed by atoms with E-state index in [-0.39, 0.29) is 5.92 Å². The molecule has 0 aromatic carbocycles. The van der Waals surface area contributed by atoms with Crippen LogP contribution >= 0.6 is 8.03 Å². The molecule has 1 saturated carbocycles. The van der Waals surface area contributed by atoms with Crippen molar-refractivity contribution in [2.24, 2.45) is 11.7 Å². The van der Waals surface area contributed by atoms with Crippen LogP contribution in [0.3, 0.4) is 0 Å². The zero-order chi connectivity index (χ0) is 10.6. The Labute approximate surface area is 86.9 Å². The summed E-state index contributed by atoms with van der Waals surface area (Å²) in [6.45, 7) is 2.02. The lowest BCUT2D eigenvalue weighted by atomic mass is 9.82. The fourth-order valence-corrected chi connectivity index (χ4v) is 3.44. The Morgan fingerprint density at radius 1 is 1.43 bits per heavy atom. The van der Waals surface area contributed by atoms with E-state index in [1.54, 1.807) is 0 Å². The number of nitrogens with two attached hydrogens (primary N) is 1. The van der Waals surface area contributed by atoms with Gasteiger partial charge in [-0.3, -0.25) is 5.73 Å². The molecule has 0 spiro atoms. The summed E-state index contributed by atoms with van der Waals surface area (Å²) in [6.07, 6.45) is 7.18. The third-order valence-corrected chi connectivity index (χ3v) is 4.62. The quantitative estimate of drug-likeness (QED) is 0.713. The van der Waals surface area contributed by atoms with Crippen molar-refractivity contribution in [2.75, 3.05) is 0 Å². The molecule has 1 aliphatic rings. The van der Waals surface area contributed by atoms with Gasteiger partial charge >= 0.3 is 8.03 Å². The first kappa shape index (κ1) is 12.1. The first-order valence-corrected chi connectivity index (χ1v) is 6.77. The summed E-state index contributed by atoms with van der Waals surface area (Å²) in [6, 6.07) is 0. The summed E-state index contributed by atoms with van der Waals surface area (Å²) >= 11 is 0. The summed E-state index contributed by atoms with van der Waals surface area (Å²) < 4.78 is 11.3. The first-order chi connectivity index (χ1) is 6.61. The van der Waals surface area contributed by atoms with Crippen molar-refractivity contribution < 1.29 is 9.46 Å². The summed E-state index contributed by atoms with van der Waals surface area (Å²) in [5, 5.41) is -0.815. The Kier molecular flexibility index (Phi) is 4.49. The Morgan fingerprint density at radius 2 is 2.00 bits per heavy atom. The van der Waals surface area contributed by atoms with Crippen LogP contribution in [0.15, 0.2) is 0 Å². The molecule has 1 rings (SSSR count). The first-order valence-electron chi connectivity index (χ1n) is 5.56. The minimum atomic E-state index is -2.25. The van der Waals surface area contributed by atoms with Crippen molar-refractivity contribution in [3.8, 4) is 0 Å². The fourth-order valence-electron chi connectivity index (χ4n) is 2.46. The predicted molar refractivity (Wildman–Crippen MR) is 58.2 cm³/mol. The minimum Gasteiger partial charge on any atom is -0.282 e. The third kappa shape index (κ3) is 2.53. The summed E-state index contributed by atoms with van der Waals surface area (Å²) in [4.78, 5) is 9.34. The largest absolute Gasteiger partial charge is 0.527 e. The smallest absolute Gasteiger partial charge is 0.282 e. The second-order valence-electron chi connectivity index (χ2n) is 4.35. The van der Waals surface area contributed by atoms with Gasteiger partial charge in [-0.15, -0.1) is 0 Å². The van der Waals surface area contributed by atoms with Gasteiger partial charge in [0.1, 0.15) is 0 Å². The highest BCUT2D eigenvalue weighted by atomic mass is 31.1. The van der Waals surface area contributed by atoms with E-state index in [1.165, 1.54) is 6.42 Å². The second-order valence-corrected chi connectivity index (χ2v) is 5.73. The molecule has 0 amide bonds. The zero-order valence-electron chi connectivity index (χ0n) is 8.91. The lowest BCUT2D eigenvalue weighted by Gasteiger charge is -2.29. The Hall–Kier alpha value is 0.0200. The summed E-state index contributed by atoms with van der Waals surface area (Å²) in [5.41, 5.74) is 6.09.